The second kappa shape index (κ2) is 11.3. The van der Waals surface area contributed by atoms with Crippen molar-refractivity contribution in [2.45, 2.75) is 19.4 Å². The number of aryl methyl sites for hydroxylation is 1. The molecule has 2 aromatic carbocycles. The summed E-state index contributed by atoms with van der Waals surface area (Å²) in [4.78, 5) is 22.8. The molecule has 180 valence electrons. The molecule has 5 rings (SSSR count). The molecule has 1 fully saturated rings. The van der Waals surface area contributed by atoms with Gasteiger partial charge in [-0.1, -0.05) is 66.2 Å². The molecule has 7 heteroatoms. The Morgan fingerprint density at radius 1 is 1.03 bits per heavy atom. The molecule has 0 spiro atoms. The van der Waals surface area contributed by atoms with Crippen molar-refractivity contribution in [1.82, 2.24) is 15.2 Å². The lowest BCUT2D eigenvalue weighted by Gasteiger charge is -2.34. The van der Waals surface area contributed by atoms with Gasteiger partial charge in [0.15, 0.2) is 0 Å². The number of carbonyl (C=O) groups is 1. The Bertz CT molecular complexity index is 1230. The molecule has 0 saturated carbocycles. The highest BCUT2D eigenvalue weighted by atomic mass is 32.1. The Hall–Kier alpha value is -2.84. The van der Waals surface area contributed by atoms with E-state index in [1.54, 1.807) is 22.7 Å². The van der Waals surface area contributed by atoms with Crippen LogP contribution in [0.2, 0.25) is 0 Å². The number of nitrogens with zero attached hydrogens (tertiary/aromatic N) is 2. The molecule has 0 radical (unpaired) electrons. The lowest BCUT2D eigenvalue weighted by Crippen LogP contribution is -2.43. The molecule has 2 aromatic heterocycles. The van der Waals surface area contributed by atoms with Crippen LogP contribution in [-0.2, 0) is 16.0 Å². The number of thiophene rings is 1. The van der Waals surface area contributed by atoms with E-state index in [4.69, 9.17) is 9.72 Å². The summed E-state index contributed by atoms with van der Waals surface area (Å²) < 4.78 is 5.54. The highest BCUT2D eigenvalue weighted by Gasteiger charge is 2.24. The first-order chi connectivity index (χ1) is 17.2. The maximum atomic E-state index is 13.2. The van der Waals surface area contributed by atoms with Crippen LogP contribution in [0.25, 0.3) is 21.0 Å². The van der Waals surface area contributed by atoms with Crippen molar-refractivity contribution in [2.75, 3.05) is 32.8 Å². The van der Waals surface area contributed by atoms with Crippen LogP contribution in [-0.4, -0.2) is 48.6 Å². The number of rotatable bonds is 8. The van der Waals surface area contributed by atoms with E-state index in [-0.39, 0.29) is 18.4 Å². The van der Waals surface area contributed by atoms with Crippen LogP contribution in [0.5, 0.6) is 0 Å². The van der Waals surface area contributed by atoms with Gasteiger partial charge in [-0.05, 0) is 23.9 Å². The fourth-order valence-electron chi connectivity index (χ4n) is 4.31. The predicted molar refractivity (Wildman–Crippen MR) is 144 cm³/mol. The summed E-state index contributed by atoms with van der Waals surface area (Å²) in [6, 6.07) is 23.0. The van der Waals surface area contributed by atoms with E-state index in [1.165, 1.54) is 10.4 Å². The zero-order valence-corrected chi connectivity index (χ0v) is 21.4. The highest BCUT2D eigenvalue weighted by Crippen LogP contribution is 2.36. The van der Waals surface area contributed by atoms with Crippen LogP contribution in [0, 0.1) is 6.92 Å². The molecule has 3 heterocycles. The summed E-state index contributed by atoms with van der Waals surface area (Å²) >= 11 is 3.38. The van der Waals surface area contributed by atoms with Crippen LogP contribution in [0.1, 0.15) is 22.2 Å². The SMILES string of the molecule is Cc1ccc(-c2sc(-c3ccccc3)nc2CC(=O)NC[C@@H](c2cccs2)N2CCOCC2)cc1. The van der Waals surface area contributed by atoms with E-state index in [9.17, 15) is 4.79 Å². The lowest BCUT2D eigenvalue weighted by atomic mass is 10.1. The summed E-state index contributed by atoms with van der Waals surface area (Å²) in [6.45, 7) is 5.88. The number of hydrogen-bond acceptors (Lipinski definition) is 6. The van der Waals surface area contributed by atoms with Crippen LogP contribution in [0.3, 0.4) is 0 Å². The van der Waals surface area contributed by atoms with Gasteiger partial charge in [0.25, 0.3) is 0 Å². The normalized spacial score (nSPS) is 15.1. The van der Waals surface area contributed by atoms with Gasteiger partial charge in [-0.25, -0.2) is 4.98 Å². The molecule has 1 saturated heterocycles. The average Bonchev–Trinajstić information content (AvgIpc) is 3.57. The minimum Gasteiger partial charge on any atom is -0.379 e. The first-order valence-corrected chi connectivity index (χ1v) is 13.6. The molecule has 1 aliphatic heterocycles. The van der Waals surface area contributed by atoms with Gasteiger partial charge in [0, 0.05) is 30.1 Å². The van der Waals surface area contributed by atoms with Gasteiger partial charge in [-0.3, -0.25) is 9.69 Å². The molecular weight excluding hydrogens is 474 g/mol. The first-order valence-electron chi connectivity index (χ1n) is 11.9. The fraction of sp³-hybridized carbons (Fsp3) is 0.286. The Labute approximate surface area is 214 Å². The number of thiazole rings is 1. The second-order valence-corrected chi connectivity index (χ2v) is 10.7. The van der Waals surface area contributed by atoms with Crippen LogP contribution in [0.4, 0.5) is 0 Å². The van der Waals surface area contributed by atoms with Crippen LogP contribution < -0.4 is 5.32 Å². The standard InChI is InChI=1S/C28H29N3O2S2/c1-20-9-11-21(12-10-20)27-23(30-28(35-27)22-6-3-2-4-7-22)18-26(32)29-19-24(25-8-5-17-34-25)31-13-15-33-16-14-31/h2-12,17,24H,13-16,18-19H2,1H3,(H,29,32)/t24-/m0/s1. The molecule has 1 N–H and O–H groups in total. The smallest absolute Gasteiger partial charge is 0.226 e. The van der Waals surface area contributed by atoms with E-state index in [0.717, 1.165) is 53.0 Å². The van der Waals surface area contributed by atoms with Crippen LogP contribution in [0.15, 0.2) is 72.1 Å². The Kier molecular flexibility index (Phi) is 7.69. The van der Waals surface area contributed by atoms with Crippen molar-refractivity contribution in [3.63, 3.8) is 0 Å². The van der Waals surface area contributed by atoms with E-state index in [2.05, 4.69) is 71.1 Å². The molecular formula is C28H29N3O2S2. The maximum Gasteiger partial charge on any atom is 0.226 e. The minimum absolute atomic E-state index is 0.00177. The second-order valence-electron chi connectivity index (χ2n) is 8.69. The summed E-state index contributed by atoms with van der Waals surface area (Å²) in [7, 11) is 0. The molecule has 0 bridgehead atoms. The maximum absolute atomic E-state index is 13.2. The number of nitrogens with one attached hydrogen (secondary N) is 1. The van der Waals surface area contributed by atoms with Gasteiger partial charge in [-0.2, -0.15) is 0 Å². The number of ether oxygens (including phenoxy) is 1. The molecule has 1 amide bonds. The van der Waals surface area contributed by atoms with Crippen molar-refractivity contribution < 1.29 is 9.53 Å². The van der Waals surface area contributed by atoms with Gasteiger partial charge >= 0.3 is 0 Å². The quantitative estimate of drug-likeness (QED) is 0.341. The van der Waals surface area contributed by atoms with Gasteiger partial charge in [0.2, 0.25) is 5.91 Å². The number of benzene rings is 2. The topological polar surface area (TPSA) is 54.5 Å². The molecule has 1 aliphatic rings. The van der Waals surface area contributed by atoms with Crippen molar-refractivity contribution in [3.8, 4) is 21.0 Å². The van der Waals surface area contributed by atoms with Crippen molar-refractivity contribution in [1.29, 1.82) is 0 Å². The minimum atomic E-state index is -0.00177. The van der Waals surface area contributed by atoms with Crippen molar-refractivity contribution in [3.05, 3.63) is 88.2 Å². The number of aromatic nitrogens is 1. The number of carbonyl (C=O) groups excluding carboxylic acids is 1. The fourth-order valence-corrected chi connectivity index (χ4v) is 6.26. The van der Waals surface area contributed by atoms with Crippen molar-refractivity contribution >= 4 is 28.6 Å². The Morgan fingerprint density at radius 2 is 1.80 bits per heavy atom. The third-order valence-electron chi connectivity index (χ3n) is 6.21. The molecule has 1 atom stereocenters. The summed E-state index contributed by atoms with van der Waals surface area (Å²) in [6.07, 6.45) is 0.257. The van der Waals surface area contributed by atoms with Gasteiger partial charge < -0.3 is 10.1 Å². The van der Waals surface area contributed by atoms with E-state index < -0.39 is 0 Å². The Balaban J connectivity index is 1.35. The van der Waals surface area contributed by atoms with E-state index in [0.29, 0.717) is 6.54 Å². The highest BCUT2D eigenvalue weighted by molar-refractivity contribution is 7.18. The monoisotopic (exact) mass is 503 g/mol. The lowest BCUT2D eigenvalue weighted by molar-refractivity contribution is -0.120. The van der Waals surface area contributed by atoms with E-state index in [1.807, 2.05) is 18.2 Å². The summed E-state index contributed by atoms with van der Waals surface area (Å²) in [5, 5.41) is 6.24. The zero-order chi connectivity index (χ0) is 24.0. The van der Waals surface area contributed by atoms with Crippen LogP contribution >= 0.6 is 22.7 Å². The molecule has 4 aromatic rings. The average molecular weight is 504 g/mol. The largest absolute Gasteiger partial charge is 0.379 e. The molecule has 0 aliphatic carbocycles. The zero-order valence-electron chi connectivity index (χ0n) is 19.8. The summed E-state index contributed by atoms with van der Waals surface area (Å²) in [5.74, 6) is -0.00177. The molecule has 35 heavy (non-hydrogen) atoms. The Morgan fingerprint density at radius 3 is 2.51 bits per heavy atom. The molecule has 5 nitrogen and oxygen atoms in total. The predicted octanol–water partition coefficient (Wildman–Crippen LogP) is 5.58. The number of morpholine rings is 1. The van der Waals surface area contributed by atoms with Gasteiger partial charge in [-0.15, -0.1) is 22.7 Å². The number of hydrogen-bond donors (Lipinski definition) is 1. The third kappa shape index (κ3) is 5.87. The van der Waals surface area contributed by atoms with E-state index >= 15 is 0 Å². The van der Waals surface area contributed by atoms with Crippen molar-refractivity contribution in [2.24, 2.45) is 0 Å². The molecule has 0 unspecified atom stereocenters. The van der Waals surface area contributed by atoms with Gasteiger partial charge in [0.05, 0.1) is 36.2 Å². The summed E-state index contributed by atoms with van der Waals surface area (Å²) in [5.41, 5.74) is 4.21. The number of amides is 1. The van der Waals surface area contributed by atoms with Gasteiger partial charge in [0.1, 0.15) is 5.01 Å². The first kappa shape index (κ1) is 23.9. The third-order valence-corrected chi connectivity index (χ3v) is 8.38.